The van der Waals surface area contributed by atoms with Crippen LogP contribution in [0.25, 0.3) is 78.4 Å². The van der Waals surface area contributed by atoms with Gasteiger partial charge >= 0.3 is 0 Å². The van der Waals surface area contributed by atoms with Crippen molar-refractivity contribution in [3.63, 3.8) is 0 Å². The summed E-state index contributed by atoms with van der Waals surface area (Å²) >= 11 is 0. The molecule has 9 rings (SSSR count). The Morgan fingerprint density at radius 3 is 1.65 bits per heavy atom. The van der Waals surface area contributed by atoms with E-state index in [0.29, 0.717) is 5.82 Å². The van der Waals surface area contributed by atoms with Crippen molar-refractivity contribution < 1.29 is 0 Å². The molecule has 0 bridgehead atoms. The summed E-state index contributed by atoms with van der Waals surface area (Å²) in [6.07, 6.45) is 3.70. The summed E-state index contributed by atoms with van der Waals surface area (Å²) in [5.74, 6) is 0.707. The largest absolute Gasteiger partial charge is 0.264 e. The zero-order valence-electron chi connectivity index (χ0n) is 28.6. The predicted octanol–water partition coefficient (Wildman–Crippen LogP) is 12.2. The molecule has 1 aliphatic rings. The number of pyridine rings is 1. The number of hydrogen-bond acceptors (Lipinski definition) is 3. The highest BCUT2D eigenvalue weighted by Gasteiger charge is 2.35. The van der Waals surface area contributed by atoms with Crippen LogP contribution < -0.4 is 0 Å². The highest BCUT2D eigenvalue weighted by molar-refractivity contribution is 5.84. The first-order chi connectivity index (χ1) is 25.0. The molecule has 6 aromatic carbocycles. The van der Waals surface area contributed by atoms with E-state index in [9.17, 15) is 0 Å². The van der Waals surface area contributed by atoms with Crippen LogP contribution in [0.2, 0.25) is 0 Å². The fourth-order valence-corrected chi connectivity index (χ4v) is 7.43. The van der Waals surface area contributed by atoms with Crippen molar-refractivity contribution in [1.82, 2.24) is 15.0 Å². The lowest BCUT2D eigenvalue weighted by atomic mass is 9.82. The molecule has 1 aliphatic carbocycles. The molecule has 0 unspecified atom stereocenters. The van der Waals surface area contributed by atoms with Crippen LogP contribution in [0.3, 0.4) is 0 Å². The Morgan fingerprint density at radius 2 is 0.922 bits per heavy atom. The van der Waals surface area contributed by atoms with E-state index in [0.717, 1.165) is 55.9 Å². The van der Waals surface area contributed by atoms with Crippen LogP contribution in [-0.4, -0.2) is 15.0 Å². The number of fused-ring (bicyclic) bond motifs is 3. The fraction of sp³-hybridized carbons (Fsp3) is 0.0625. The highest BCUT2D eigenvalue weighted by Crippen LogP contribution is 2.49. The zero-order chi connectivity index (χ0) is 34.4. The van der Waals surface area contributed by atoms with Crippen molar-refractivity contribution in [1.29, 1.82) is 0 Å². The quantitative estimate of drug-likeness (QED) is 0.179. The second kappa shape index (κ2) is 12.5. The summed E-state index contributed by atoms with van der Waals surface area (Å²) < 4.78 is 0. The Labute approximate surface area is 299 Å². The maximum Gasteiger partial charge on any atom is 0.160 e. The molecule has 0 radical (unpaired) electrons. The third kappa shape index (κ3) is 5.63. The standard InChI is InChI=1S/C48H35N3/c1-48(2)43-16-7-6-15-41(43)42-26-25-38(29-44(42)48)46-30-45(50-47(51-46)39-13-8-12-37(28-39)32-10-4-3-5-11-32)36-23-21-34(22-24-36)33-17-19-35(20-18-33)40-14-9-27-49-31-40/h3-31H,1-2H3. The van der Waals surface area contributed by atoms with Gasteiger partial charge in [-0.15, -0.1) is 0 Å². The van der Waals surface area contributed by atoms with Crippen LogP contribution in [0.1, 0.15) is 25.0 Å². The van der Waals surface area contributed by atoms with Gasteiger partial charge < -0.3 is 0 Å². The molecular weight excluding hydrogens is 619 g/mol. The van der Waals surface area contributed by atoms with Gasteiger partial charge in [0.2, 0.25) is 0 Å². The lowest BCUT2D eigenvalue weighted by molar-refractivity contribution is 0.660. The second-order valence-electron chi connectivity index (χ2n) is 13.7. The van der Waals surface area contributed by atoms with E-state index in [4.69, 9.17) is 9.97 Å². The Morgan fingerprint density at radius 1 is 0.373 bits per heavy atom. The smallest absolute Gasteiger partial charge is 0.160 e. The van der Waals surface area contributed by atoms with Crippen LogP contribution in [0.4, 0.5) is 0 Å². The highest BCUT2D eigenvalue weighted by atomic mass is 14.9. The van der Waals surface area contributed by atoms with Gasteiger partial charge in [0.25, 0.3) is 0 Å². The van der Waals surface area contributed by atoms with Gasteiger partial charge in [-0.2, -0.15) is 0 Å². The summed E-state index contributed by atoms with van der Waals surface area (Å²) in [5, 5.41) is 0. The monoisotopic (exact) mass is 653 g/mol. The maximum absolute atomic E-state index is 5.24. The summed E-state index contributed by atoms with van der Waals surface area (Å²) in [5.41, 5.74) is 17.0. The van der Waals surface area contributed by atoms with Crippen LogP contribution >= 0.6 is 0 Å². The molecule has 0 N–H and O–H groups in total. The van der Waals surface area contributed by atoms with E-state index in [1.807, 2.05) is 18.3 Å². The Hall–Kier alpha value is -6.45. The van der Waals surface area contributed by atoms with Crippen molar-refractivity contribution in [2.45, 2.75) is 19.3 Å². The van der Waals surface area contributed by atoms with Crippen LogP contribution in [-0.2, 0) is 5.41 Å². The SMILES string of the molecule is CC1(C)c2ccccc2-c2ccc(-c3cc(-c4ccc(-c5ccc(-c6cccnc6)cc5)cc4)nc(-c4cccc(-c5ccccc5)c4)n3)cc21. The molecule has 0 amide bonds. The second-order valence-corrected chi connectivity index (χ2v) is 13.7. The summed E-state index contributed by atoms with van der Waals surface area (Å²) in [6, 6.07) is 58.1. The van der Waals surface area contributed by atoms with Gasteiger partial charge in [0.05, 0.1) is 11.4 Å². The minimum atomic E-state index is -0.101. The zero-order valence-corrected chi connectivity index (χ0v) is 28.6. The normalized spacial score (nSPS) is 12.7. The van der Waals surface area contributed by atoms with Gasteiger partial charge in [-0.25, -0.2) is 9.97 Å². The molecule has 0 saturated carbocycles. The minimum Gasteiger partial charge on any atom is -0.264 e. The molecule has 0 aliphatic heterocycles. The van der Waals surface area contributed by atoms with Crippen molar-refractivity contribution in [3.05, 3.63) is 187 Å². The summed E-state index contributed by atoms with van der Waals surface area (Å²) in [6.45, 7) is 4.64. The van der Waals surface area contributed by atoms with E-state index in [-0.39, 0.29) is 5.41 Å². The lowest BCUT2D eigenvalue weighted by Crippen LogP contribution is -2.14. The van der Waals surface area contributed by atoms with Crippen LogP contribution in [0.15, 0.2) is 176 Å². The first-order valence-electron chi connectivity index (χ1n) is 17.4. The molecule has 0 spiro atoms. The Bertz CT molecular complexity index is 2520. The molecule has 2 heterocycles. The molecule has 3 heteroatoms. The average molecular weight is 654 g/mol. The Kier molecular flexibility index (Phi) is 7.48. The topological polar surface area (TPSA) is 38.7 Å². The van der Waals surface area contributed by atoms with Gasteiger partial charge in [-0.1, -0.05) is 153 Å². The molecule has 0 saturated heterocycles. The number of benzene rings is 6. The van der Waals surface area contributed by atoms with E-state index < -0.39 is 0 Å². The molecule has 51 heavy (non-hydrogen) atoms. The molecule has 0 fully saturated rings. The van der Waals surface area contributed by atoms with Crippen LogP contribution in [0, 0.1) is 0 Å². The van der Waals surface area contributed by atoms with Gasteiger partial charge in [0, 0.05) is 34.5 Å². The summed E-state index contributed by atoms with van der Waals surface area (Å²) in [7, 11) is 0. The van der Waals surface area contributed by atoms with Crippen molar-refractivity contribution in [2.75, 3.05) is 0 Å². The van der Waals surface area contributed by atoms with E-state index >= 15 is 0 Å². The third-order valence-corrected chi connectivity index (χ3v) is 10.2. The molecule has 8 aromatic rings. The molecule has 2 aromatic heterocycles. The van der Waals surface area contributed by atoms with Gasteiger partial charge in [-0.05, 0) is 79.9 Å². The number of hydrogen-bond donors (Lipinski definition) is 0. The molecule has 3 nitrogen and oxygen atoms in total. The lowest BCUT2D eigenvalue weighted by Gasteiger charge is -2.22. The number of rotatable bonds is 6. The Balaban J connectivity index is 1.12. The van der Waals surface area contributed by atoms with Gasteiger partial charge in [0.15, 0.2) is 5.82 Å². The predicted molar refractivity (Wildman–Crippen MR) is 210 cm³/mol. The summed E-state index contributed by atoms with van der Waals surface area (Å²) in [4.78, 5) is 14.7. The molecular formula is C48H35N3. The van der Waals surface area contributed by atoms with Crippen molar-refractivity contribution >= 4 is 0 Å². The minimum absolute atomic E-state index is 0.101. The van der Waals surface area contributed by atoms with Crippen molar-refractivity contribution in [3.8, 4) is 78.4 Å². The van der Waals surface area contributed by atoms with Crippen LogP contribution in [0.5, 0.6) is 0 Å². The first kappa shape index (κ1) is 30.6. The number of aromatic nitrogens is 3. The van der Waals surface area contributed by atoms with Gasteiger partial charge in [0.1, 0.15) is 0 Å². The van der Waals surface area contributed by atoms with Gasteiger partial charge in [-0.3, -0.25) is 4.98 Å². The average Bonchev–Trinajstić information content (AvgIpc) is 3.44. The third-order valence-electron chi connectivity index (χ3n) is 10.2. The fourth-order valence-electron chi connectivity index (χ4n) is 7.43. The number of nitrogens with zero attached hydrogens (tertiary/aromatic N) is 3. The first-order valence-corrected chi connectivity index (χ1v) is 17.4. The van der Waals surface area contributed by atoms with Crippen molar-refractivity contribution in [2.24, 2.45) is 0 Å². The van der Waals surface area contributed by atoms with E-state index in [2.05, 4.69) is 170 Å². The molecule has 0 atom stereocenters. The van der Waals surface area contributed by atoms with E-state index in [1.165, 1.54) is 27.8 Å². The van der Waals surface area contributed by atoms with E-state index in [1.54, 1.807) is 6.20 Å². The maximum atomic E-state index is 5.24. The molecule has 242 valence electrons.